The van der Waals surface area contributed by atoms with Crippen molar-refractivity contribution in [2.45, 2.75) is 57.3 Å². The van der Waals surface area contributed by atoms with Gasteiger partial charge in [0, 0.05) is 11.9 Å². The van der Waals surface area contributed by atoms with Crippen LogP contribution in [0.4, 0.5) is 0 Å². The normalized spacial score (nSPS) is 20.8. The third kappa shape index (κ3) is 3.90. The van der Waals surface area contributed by atoms with Crippen LogP contribution in [-0.4, -0.2) is 23.7 Å². The fraction of sp³-hybridized carbons (Fsp3) is 1.00. The van der Waals surface area contributed by atoms with Crippen LogP contribution in [0.25, 0.3) is 0 Å². The third-order valence-electron chi connectivity index (χ3n) is 3.23. The molecule has 0 spiro atoms. The van der Waals surface area contributed by atoms with Gasteiger partial charge in [-0.3, -0.25) is 0 Å². The van der Waals surface area contributed by atoms with Gasteiger partial charge < -0.3 is 4.74 Å². The van der Waals surface area contributed by atoms with Crippen LogP contribution in [0.15, 0.2) is 0 Å². The van der Waals surface area contributed by atoms with Crippen LogP contribution in [0.2, 0.25) is 0 Å². The predicted molar refractivity (Wildman–Crippen MR) is 62.5 cm³/mol. The zero-order chi connectivity index (χ0) is 10.5. The first-order valence-corrected chi connectivity index (χ1v) is 6.28. The molecule has 0 heterocycles. The molecule has 0 aromatic carbocycles. The average molecular weight is 204 g/mol. The van der Waals surface area contributed by atoms with Gasteiger partial charge >= 0.3 is 0 Å². The topological polar surface area (TPSA) is 9.23 Å². The van der Waals surface area contributed by atoms with Gasteiger partial charge in [0.1, 0.15) is 0 Å². The minimum atomic E-state index is 0.0494. The molecule has 0 saturated carbocycles. The van der Waals surface area contributed by atoms with Crippen molar-refractivity contribution >= 4 is 11.8 Å². The standard InChI is InChI=1S/C11H24OS/c1-7-10(3,12-5)9-11(4,8-2)13-6/h7-9H2,1-6H3/t10?,11-/m1/s1. The summed E-state index contributed by atoms with van der Waals surface area (Å²) in [6, 6.07) is 0. The molecule has 1 unspecified atom stereocenters. The average Bonchev–Trinajstić information content (AvgIpc) is 2.17. The Hall–Kier alpha value is 0.310. The molecule has 0 radical (unpaired) electrons. The lowest BCUT2D eigenvalue weighted by molar-refractivity contribution is -0.0115. The molecule has 0 saturated heterocycles. The maximum absolute atomic E-state index is 5.57. The van der Waals surface area contributed by atoms with Crippen molar-refractivity contribution in [3.05, 3.63) is 0 Å². The summed E-state index contributed by atoms with van der Waals surface area (Å²) in [4.78, 5) is 0. The van der Waals surface area contributed by atoms with Gasteiger partial charge in [0.15, 0.2) is 0 Å². The Morgan fingerprint density at radius 3 is 1.92 bits per heavy atom. The van der Waals surface area contributed by atoms with Gasteiger partial charge in [-0.1, -0.05) is 20.8 Å². The highest BCUT2D eigenvalue weighted by Crippen LogP contribution is 2.37. The van der Waals surface area contributed by atoms with Gasteiger partial charge in [-0.2, -0.15) is 11.8 Å². The van der Waals surface area contributed by atoms with Gasteiger partial charge in [0.25, 0.3) is 0 Å². The van der Waals surface area contributed by atoms with Crippen LogP contribution in [0.3, 0.4) is 0 Å². The molecular weight excluding hydrogens is 180 g/mol. The van der Waals surface area contributed by atoms with Crippen LogP contribution in [0.1, 0.15) is 47.0 Å². The smallest absolute Gasteiger partial charge is 0.0661 e. The second kappa shape index (κ2) is 5.26. The number of hydrogen-bond acceptors (Lipinski definition) is 2. The first kappa shape index (κ1) is 13.3. The van der Waals surface area contributed by atoms with Crippen LogP contribution in [-0.2, 0) is 4.74 Å². The number of rotatable bonds is 6. The Balaban J connectivity index is 4.36. The minimum absolute atomic E-state index is 0.0494. The van der Waals surface area contributed by atoms with Crippen molar-refractivity contribution in [2.24, 2.45) is 0 Å². The van der Waals surface area contributed by atoms with E-state index in [1.807, 2.05) is 18.9 Å². The van der Waals surface area contributed by atoms with Gasteiger partial charge in [0.05, 0.1) is 5.60 Å². The van der Waals surface area contributed by atoms with E-state index in [-0.39, 0.29) is 5.60 Å². The zero-order valence-electron chi connectivity index (χ0n) is 9.94. The lowest BCUT2D eigenvalue weighted by Gasteiger charge is -2.36. The Bertz CT molecular complexity index is 121. The molecule has 0 N–H and O–H groups in total. The van der Waals surface area contributed by atoms with Crippen LogP contribution in [0.5, 0.6) is 0 Å². The minimum Gasteiger partial charge on any atom is -0.378 e. The van der Waals surface area contributed by atoms with E-state index in [4.69, 9.17) is 4.74 Å². The van der Waals surface area contributed by atoms with E-state index in [0.717, 1.165) is 12.8 Å². The van der Waals surface area contributed by atoms with E-state index in [9.17, 15) is 0 Å². The van der Waals surface area contributed by atoms with Crippen molar-refractivity contribution < 1.29 is 4.74 Å². The Kier molecular flexibility index (Phi) is 5.38. The molecule has 1 nitrogen and oxygen atoms in total. The van der Waals surface area contributed by atoms with E-state index in [0.29, 0.717) is 4.75 Å². The number of thioether (sulfide) groups is 1. The summed E-state index contributed by atoms with van der Waals surface area (Å²) in [6.07, 6.45) is 5.60. The highest BCUT2D eigenvalue weighted by Gasteiger charge is 2.32. The van der Waals surface area contributed by atoms with Crippen LogP contribution < -0.4 is 0 Å². The summed E-state index contributed by atoms with van der Waals surface area (Å²) in [6.45, 7) is 8.98. The second-order valence-corrected chi connectivity index (χ2v) is 5.59. The summed E-state index contributed by atoms with van der Waals surface area (Å²) in [7, 11) is 1.82. The number of hydrogen-bond donors (Lipinski definition) is 0. The van der Waals surface area contributed by atoms with E-state index in [1.54, 1.807) is 0 Å². The van der Waals surface area contributed by atoms with Crippen molar-refractivity contribution in [3.63, 3.8) is 0 Å². The van der Waals surface area contributed by atoms with Gasteiger partial charge in [-0.25, -0.2) is 0 Å². The van der Waals surface area contributed by atoms with E-state index in [1.165, 1.54) is 6.42 Å². The van der Waals surface area contributed by atoms with Crippen LogP contribution >= 0.6 is 11.8 Å². The molecule has 0 amide bonds. The molecule has 0 aliphatic carbocycles. The summed E-state index contributed by atoms with van der Waals surface area (Å²) in [5, 5.41) is 0. The fourth-order valence-electron chi connectivity index (χ4n) is 1.47. The third-order valence-corrected chi connectivity index (χ3v) is 4.65. The molecule has 0 aliphatic heterocycles. The molecule has 0 bridgehead atoms. The number of ether oxygens (including phenoxy) is 1. The van der Waals surface area contributed by atoms with Crippen molar-refractivity contribution in [1.29, 1.82) is 0 Å². The monoisotopic (exact) mass is 204 g/mol. The molecule has 2 atom stereocenters. The van der Waals surface area contributed by atoms with Gasteiger partial charge in [0.2, 0.25) is 0 Å². The molecule has 0 fully saturated rings. The molecule has 0 aromatic rings. The zero-order valence-corrected chi connectivity index (χ0v) is 10.8. The molecule has 13 heavy (non-hydrogen) atoms. The Morgan fingerprint density at radius 2 is 1.69 bits per heavy atom. The quantitative estimate of drug-likeness (QED) is 0.652. The van der Waals surface area contributed by atoms with Crippen LogP contribution in [0, 0.1) is 0 Å². The van der Waals surface area contributed by atoms with Gasteiger partial charge in [-0.05, 0) is 32.4 Å². The Labute approximate surface area is 87.6 Å². The van der Waals surface area contributed by atoms with E-state index in [2.05, 4.69) is 34.0 Å². The van der Waals surface area contributed by atoms with E-state index >= 15 is 0 Å². The largest absolute Gasteiger partial charge is 0.378 e. The highest BCUT2D eigenvalue weighted by atomic mass is 32.2. The van der Waals surface area contributed by atoms with Gasteiger partial charge in [-0.15, -0.1) is 0 Å². The summed E-state index contributed by atoms with van der Waals surface area (Å²) >= 11 is 1.95. The van der Waals surface area contributed by atoms with Crippen molar-refractivity contribution in [1.82, 2.24) is 0 Å². The van der Waals surface area contributed by atoms with E-state index < -0.39 is 0 Å². The predicted octanol–water partition coefficient (Wildman–Crippen LogP) is 3.72. The maximum Gasteiger partial charge on any atom is 0.0661 e. The molecule has 0 aromatic heterocycles. The van der Waals surface area contributed by atoms with Crippen molar-refractivity contribution in [2.75, 3.05) is 13.4 Å². The summed E-state index contributed by atoms with van der Waals surface area (Å²) in [5.74, 6) is 0. The maximum atomic E-state index is 5.57. The molecule has 0 rings (SSSR count). The first-order chi connectivity index (χ1) is 5.95. The fourth-order valence-corrected chi connectivity index (χ4v) is 2.21. The summed E-state index contributed by atoms with van der Waals surface area (Å²) < 4.78 is 5.93. The second-order valence-electron chi connectivity index (χ2n) is 4.19. The molecule has 80 valence electrons. The first-order valence-electron chi connectivity index (χ1n) is 5.05. The highest BCUT2D eigenvalue weighted by molar-refractivity contribution is 7.99. The lowest BCUT2D eigenvalue weighted by Crippen LogP contribution is -2.36. The molecule has 0 aliphatic rings. The van der Waals surface area contributed by atoms with Crippen molar-refractivity contribution in [3.8, 4) is 0 Å². The molecule has 2 heteroatoms. The molecular formula is C11H24OS. The number of methoxy groups -OCH3 is 1. The Morgan fingerprint density at radius 1 is 1.15 bits per heavy atom. The SMILES string of the molecule is CCC(C)(C[C@@](C)(CC)SC)OC. The lowest BCUT2D eigenvalue weighted by atomic mass is 9.88. The summed E-state index contributed by atoms with van der Waals surface area (Å²) in [5.41, 5.74) is 0.0494.